The van der Waals surface area contributed by atoms with E-state index < -0.39 is 0 Å². The highest BCUT2D eigenvalue weighted by molar-refractivity contribution is 7.99. The van der Waals surface area contributed by atoms with Crippen LogP contribution >= 0.6 is 11.8 Å². The first-order valence-corrected chi connectivity index (χ1v) is 7.25. The van der Waals surface area contributed by atoms with Crippen LogP contribution < -0.4 is 0 Å². The summed E-state index contributed by atoms with van der Waals surface area (Å²) in [7, 11) is 4.04. The highest BCUT2D eigenvalue weighted by Gasteiger charge is 2.31. The molecular weight excluding hydrogens is 248 g/mol. The Kier molecular flexibility index (Phi) is 4.35. The first-order valence-electron chi connectivity index (χ1n) is 6.20. The minimum Gasteiger partial charge on any atom is -0.463 e. The van der Waals surface area contributed by atoms with Gasteiger partial charge in [-0.1, -0.05) is 0 Å². The van der Waals surface area contributed by atoms with Crippen LogP contribution in [0.15, 0.2) is 16.5 Å². The van der Waals surface area contributed by atoms with Crippen molar-refractivity contribution in [3.8, 4) is 0 Å². The molecule has 1 aromatic rings. The number of hydrogen-bond donors (Lipinski definition) is 0. The Labute approximate surface area is 112 Å². The lowest BCUT2D eigenvalue weighted by atomic mass is 10.3. The summed E-state index contributed by atoms with van der Waals surface area (Å²) in [6.07, 6.45) is 0.633. The average Bonchev–Trinajstić information content (AvgIpc) is 2.73. The molecular formula is C13H20N2O2S. The van der Waals surface area contributed by atoms with Gasteiger partial charge in [0, 0.05) is 25.3 Å². The highest BCUT2D eigenvalue weighted by Crippen LogP contribution is 2.37. The number of carbonyl (C=O) groups is 1. The predicted molar refractivity (Wildman–Crippen MR) is 73.5 cm³/mol. The van der Waals surface area contributed by atoms with Gasteiger partial charge < -0.3 is 14.2 Å². The van der Waals surface area contributed by atoms with E-state index >= 15 is 0 Å². The zero-order valence-corrected chi connectivity index (χ0v) is 12.0. The molecule has 1 aliphatic rings. The Hall–Kier alpha value is -0.940. The van der Waals surface area contributed by atoms with Crippen LogP contribution in [0.1, 0.15) is 23.3 Å². The van der Waals surface area contributed by atoms with E-state index in [-0.39, 0.29) is 11.3 Å². The van der Waals surface area contributed by atoms with Crippen LogP contribution in [0.2, 0.25) is 0 Å². The maximum absolute atomic E-state index is 12.0. The number of aryl methyl sites for hydroxylation is 1. The van der Waals surface area contributed by atoms with E-state index in [1.54, 1.807) is 11.8 Å². The number of amides is 1. The van der Waals surface area contributed by atoms with Crippen molar-refractivity contribution in [3.63, 3.8) is 0 Å². The molecule has 1 aromatic heterocycles. The maximum Gasteiger partial charge on any atom is 0.224 e. The van der Waals surface area contributed by atoms with Crippen molar-refractivity contribution in [3.05, 3.63) is 23.7 Å². The molecule has 4 nitrogen and oxygen atoms in total. The first kappa shape index (κ1) is 13.5. The quantitative estimate of drug-likeness (QED) is 0.838. The van der Waals surface area contributed by atoms with E-state index in [2.05, 4.69) is 4.90 Å². The van der Waals surface area contributed by atoms with Crippen LogP contribution in [0, 0.1) is 6.92 Å². The molecule has 0 saturated carbocycles. The number of nitrogens with zero attached hydrogens (tertiary/aromatic N) is 2. The summed E-state index contributed by atoms with van der Waals surface area (Å²) >= 11 is 1.79. The van der Waals surface area contributed by atoms with Gasteiger partial charge in [-0.05, 0) is 33.2 Å². The number of carbonyl (C=O) groups excluding carboxylic acids is 1. The molecule has 18 heavy (non-hydrogen) atoms. The number of hydrogen-bond acceptors (Lipinski definition) is 4. The van der Waals surface area contributed by atoms with Crippen molar-refractivity contribution < 1.29 is 9.21 Å². The summed E-state index contributed by atoms with van der Waals surface area (Å²) in [5, 5.41) is 0.0416. The van der Waals surface area contributed by atoms with Crippen LogP contribution in [-0.2, 0) is 4.79 Å². The average molecular weight is 268 g/mol. The van der Waals surface area contributed by atoms with Gasteiger partial charge in [0.2, 0.25) is 5.91 Å². The number of rotatable bonds is 4. The molecule has 1 saturated heterocycles. The van der Waals surface area contributed by atoms with Gasteiger partial charge in [-0.2, -0.15) is 0 Å². The van der Waals surface area contributed by atoms with E-state index in [0.29, 0.717) is 6.42 Å². The molecule has 1 fully saturated rings. The Morgan fingerprint density at radius 3 is 2.89 bits per heavy atom. The zero-order valence-electron chi connectivity index (χ0n) is 11.2. The number of furan rings is 1. The monoisotopic (exact) mass is 268 g/mol. The Bertz CT molecular complexity index is 417. The van der Waals surface area contributed by atoms with Crippen molar-refractivity contribution in [2.24, 2.45) is 0 Å². The van der Waals surface area contributed by atoms with Crippen molar-refractivity contribution in [2.75, 3.05) is 32.9 Å². The van der Waals surface area contributed by atoms with Gasteiger partial charge in [0.25, 0.3) is 0 Å². The van der Waals surface area contributed by atoms with Gasteiger partial charge in [-0.15, -0.1) is 11.8 Å². The summed E-state index contributed by atoms with van der Waals surface area (Å²) in [6, 6.07) is 3.94. The summed E-state index contributed by atoms with van der Waals surface area (Å²) in [5.41, 5.74) is 0. The number of thioether (sulfide) groups is 1. The molecule has 0 N–H and O–H groups in total. The van der Waals surface area contributed by atoms with E-state index in [0.717, 1.165) is 30.4 Å². The fourth-order valence-corrected chi connectivity index (χ4v) is 3.20. The molecule has 0 spiro atoms. The van der Waals surface area contributed by atoms with E-state index in [1.165, 1.54) is 0 Å². The summed E-state index contributed by atoms with van der Waals surface area (Å²) in [5.74, 6) is 2.90. The summed E-state index contributed by atoms with van der Waals surface area (Å²) in [6.45, 7) is 3.56. The molecule has 1 unspecified atom stereocenters. The normalized spacial score (nSPS) is 20.8. The predicted octanol–water partition coefficient (Wildman–Crippen LogP) is 2.11. The lowest BCUT2D eigenvalue weighted by Gasteiger charge is -2.34. The third-order valence-electron chi connectivity index (χ3n) is 2.99. The summed E-state index contributed by atoms with van der Waals surface area (Å²) < 4.78 is 5.68. The zero-order chi connectivity index (χ0) is 13.1. The molecule has 0 aromatic carbocycles. The third-order valence-corrected chi connectivity index (χ3v) is 4.23. The van der Waals surface area contributed by atoms with Crippen LogP contribution in [0.25, 0.3) is 0 Å². The minimum absolute atomic E-state index is 0.0416. The molecule has 5 heteroatoms. The maximum atomic E-state index is 12.0. The molecule has 0 radical (unpaired) electrons. The molecule has 0 bridgehead atoms. The van der Waals surface area contributed by atoms with Crippen molar-refractivity contribution in [1.82, 2.24) is 9.80 Å². The van der Waals surface area contributed by atoms with Gasteiger partial charge in [0.1, 0.15) is 16.9 Å². The van der Waals surface area contributed by atoms with Crippen LogP contribution in [0.3, 0.4) is 0 Å². The Morgan fingerprint density at radius 2 is 2.28 bits per heavy atom. The van der Waals surface area contributed by atoms with Gasteiger partial charge in [-0.3, -0.25) is 4.79 Å². The van der Waals surface area contributed by atoms with E-state index in [9.17, 15) is 4.79 Å². The van der Waals surface area contributed by atoms with E-state index in [4.69, 9.17) is 4.42 Å². The fraction of sp³-hybridized carbons (Fsp3) is 0.615. The molecule has 100 valence electrons. The molecule has 1 amide bonds. The van der Waals surface area contributed by atoms with Crippen molar-refractivity contribution in [2.45, 2.75) is 18.7 Å². The second-order valence-corrected chi connectivity index (χ2v) is 6.00. The van der Waals surface area contributed by atoms with Gasteiger partial charge in [-0.25, -0.2) is 0 Å². The molecule has 0 aliphatic carbocycles. The van der Waals surface area contributed by atoms with Gasteiger partial charge in [0.15, 0.2) is 0 Å². The lowest BCUT2D eigenvalue weighted by Crippen LogP contribution is -2.41. The van der Waals surface area contributed by atoms with Crippen LogP contribution in [-0.4, -0.2) is 48.6 Å². The van der Waals surface area contributed by atoms with Crippen molar-refractivity contribution >= 4 is 17.7 Å². The molecule has 1 atom stereocenters. The third kappa shape index (κ3) is 3.09. The Morgan fingerprint density at radius 1 is 1.50 bits per heavy atom. The largest absolute Gasteiger partial charge is 0.463 e. The van der Waals surface area contributed by atoms with Crippen LogP contribution in [0.4, 0.5) is 0 Å². The van der Waals surface area contributed by atoms with Gasteiger partial charge in [0.05, 0.1) is 0 Å². The second kappa shape index (κ2) is 5.80. The second-order valence-electron chi connectivity index (χ2n) is 4.81. The Balaban J connectivity index is 2.12. The smallest absolute Gasteiger partial charge is 0.224 e. The summed E-state index contributed by atoms with van der Waals surface area (Å²) in [4.78, 5) is 16.1. The van der Waals surface area contributed by atoms with Gasteiger partial charge >= 0.3 is 0 Å². The highest BCUT2D eigenvalue weighted by atomic mass is 32.2. The molecule has 2 rings (SSSR count). The fourth-order valence-electron chi connectivity index (χ4n) is 1.99. The number of likely N-dealkylation sites (N-methyl/N-ethyl adjacent to an activating group) is 1. The lowest BCUT2D eigenvalue weighted by molar-refractivity contribution is -0.132. The molecule has 2 heterocycles. The SMILES string of the molecule is Cc1ccc(C2SCCC(=O)N2CCN(C)C)o1. The van der Waals surface area contributed by atoms with Crippen LogP contribution in [0.5, 0.6) is 0 Å². The molecule has 1 aliphatic heterocycles. The topological polar surface area (TPSA) is 36.7 Å². The standard InChI is InChI=1S/C13H20N2O2S/c1-10-4-5-11(17-10)13-15(8-7-14(2)3)12(16)6-9-18-13/h4-5,13H,6-9H2,1-3H3. The minimum atomic E-state index is 0.0416. The van der Waals surface area contributed by atoms with Crippen molar-refractivity contribution in [1.29, 1.82) is 0 Å². The first-order chi connectivity index (χ1) is 8.58. The van der Waals surface area contributed by atoms with E-state index in [1.807, 2.05) is 38.1 Å².